The zero-order valence-electron chi connectivity index (χ0n) is 12.8. The number of amides is 2. The molecule has 2 N–H and O–H groups in total. The van der Waals surface area contributed by atoms with Crippen molar-refractivity contribution in [2.75, 3.05) is 14.2 Å². The van der Waals surface area contributed by atoms with Crippen LogP contribution in [0, 0.1) is 0 Å². The zero-order chi connectivity index (χ0) is 17.7. The van der Waals surface area contributed by atoms with Gasteiger partial charge in [0.2, 0.25) is 0 Å². The molecule has 0 aromatic heterocycles. The number of hydrogen-bond donors (Lipinski definition) is 2. The molecule has 1 aliphatic rings. The Bertz CT molecular complexity index is 656. The average Bonchev–Trinajstić information content (AvgIpc) is 2.59. The standard InChI is InChI=1S/C14H15F3N4O3/c1-18-13(22)21(23-2)7-9-3-5-10(6-4-9)12-19-11(8-24-20-12)14(15,16)17/h3-6,8H,7H2,1-2H3,(H,18,22)(H,19,20). The number of hydrogen-bond acceptors (Lipinski definition) is 5. The second-order valence-corrected chi connectivity index (χ2v) is 4.65. The van der Waals surface area contributed by atoms with Gasteiger partial charge in [0, 0.05) is 12.6 Å². The summed E-state index contributed by atoms with van der Waals surface area (Å²) in [5.74, 6) is -0.0636. The Morgan fingerprint density at radius 1 is 1.38 bits per heavy atom. The molecule has 10 heteroatoms. The number of nitrogens with zero attached hydrogens (tertiary/aromatic N) is 2. The number of amidine groups is 1. The fraction of sp³-hybridized carbons (Fsp3) is 0.286. The van der Waals surface area contributed by atoms with Crippen molar-refractivity contribution < 1.29 is 27.6 Å². The number of allylic oxidation sites excluding steroid dienone is 1. The van der Waals surface area contributed by atoms with E-state index in [2.05, 4.69) is 20.6 Å². The van der Waals surface area contributed by atoms with Crippen LogP contribution >= 0.6 is 0 Å². The van der Waals surface area contributed by atoms with E-state index in [-0.39, 0.29) is 12.4 Å². The molecule has 0 spiro atoms. The van der Waals surface area contributed by atoms with Gasteiger partial charge in [0.1, 0.15) is 6.26 Å². The van der Waals surface area contributed by atoms with Gasteiger partial charge in [-0.15, -0.1) is 0 Å². The van der Waals surface area contributed by atoms with Crippen LogP contribution in [0.4, 0.5) is 18.0 Å². The van der Waals surface area contributed by atoms with Gasteiger partial charge in [-0.2, -0.15) is 18.2 Å². The first kappa shape index (κ1) is 17.6. The van der Waals surface area contributed by atoms with Crippen LogP contribution in [-0.2, 0) is 16.2 Å². The summed E-state index contributed by atoms with van der Waals surface area (Å²) in [5, 5.41) is 3.52. The maximum absolute atomic E-state index is 12.6. The second-order valence-electron chi connectivity index (χ2n) is 4.65. The van der Waals surface area contributed by atoms with Crippen molar-refractivity contribution in [1.29, 1.82) is 0 Å². The molecule has 7 nitrogen and oxygen atoms in total. The average molecular weight is 344 g/mol. The summed E-state index contributed by atoms with van der Waals surface area (Å²) >= 11 is 0. The predicted molar refractivity (Wildman–Crippen MR) is 78.3 cm³/mol. The summed E-state index contributed by atoms with van der Waals surface area (Å²) in [5.41, 5.74) is 2.29. The van der Waals surface area contributed by atoms with E-state index in [1.54, 1.807) is 24.3 Å². The van der Waals surface area contributed by atoms with Crippen molar-refractivity contribution in [3.05, 3.63) is 47.4 Å². The van der Waals surface area contributed by atoms with Crippen molar-refractivity contribution in [2.24, 2.45) is 4.99 Å². The summed E-state index contributed by atoms with van der Waals surface area (Å²) in [7, 11) is 2.82. The van der Waals surface area contributed by atoms with E-state index in [0.29, 0.717) is 17.4 Å². The third-order valence-electron chi connectivity index (χ3n) is 3.06. The molecule has 2 rings (SSSR count). The number of aliphatic imine (C=N–C) groups is 1. The molecule has 0 fully saturated rings. The molecule has 24 heavy (non-hydrogen) atoms. The Labute approximate surface area is 135 Å². The van der Waals surface area contributed by atoms with Crippen LogP contribution in [0.3, 0.4) is 0 Å². The Morgan fingerprint density at radius 2 is 2.04 bits per heavy atom. The lowest BCUT2D eigenvalue weighted by Crippen LogP contribution is -2.36. The summed E-state index contributed by atoms with van der Waals surface area (Å²) in [4.78, 5) is 24.5. The van der Waals surface area contributed by atoms with Gasteiger partial charge in [0.05, 0.1) is 13.7 Å². The third-order valence-corrected chi connectivity index (χ3v) is 3.06. The lowest BCUT2D eigenvalue weighted by molar-refractivity contribution is -0.0960. The van der Waals surface area contributed by atoms with Gasteiger partial charge >= 0.3 is 12.2 Å². The van der Waals surface area contributed by atoms with Crippen LogP contribution < -0.4 is 10.8 Å². The van der Waals surface area contributed by atoms with Gasteiger partial charge in [-0.1, -0.05) is 24.3 Å². The maximum atomic E-state index is 12.6. The summed E-state index contributed by atoms with van der Waals surface area (Å²) in [6, 6.07) is 5.97. The number of urea groups is 1. The smallest absolute Gasteiger partial charge is 0.386 e. The first-order valence-corrected chi connectivity index (χ1v) is 6.75. The van der Waals surface area contributed by atoms with Gasteiger partial charge in [-0.05, 0) is 5.56 Å². The van der Waals surface area contributed by atoms with E-state index in [0.717, 1.165) is 5.06 Å². The molecule has 0 radical (unpaired) electrons. The monoisotopic (exact) mass is 344 g/mol. The molecule has 1 aliphatic heterocycles. The Kier molecular flexibility index (Phi) is 5.29. The van der Waals surface area contributed by atoms with Crippen LogP contribution in [0.2, 0.25) is 0 Å². The molecule has 130 valence electrons. The van der Waals surface area contributed by atoms with E-state index in [9.17, 15) is 18.0 Å². The normalized spacial score (nSPS) is 14.0. The fourth-order valence-corrected chi connectivity index (χ4v) is 1.84. The SMILES string of the molecule is CNC(=O)N(Cc1ccc(C2=NC(C(F)(F)F)=CON2)cc1)OC. The van der Waals surface area contributed by atoms with Crippen LogP contribution in [0.1, 0.15) is 11.1 Å². The molecule has 1 heterocycles. The van der Waals surface area contributed by atoms with Crippen LogP contribution in [0.15, 0.2) is 41.2 Å². The highest BCUT2D eigenvalue weighted by Crippen LogP contribution is 2.28. The highest BCUT2D eigenvalue weighted by molar-refractivity contribution is 5.99. The molecule has 0 saturated carbocycles. The zero-order valence-corrected chi connectivity index (χ0v) is 12.8. The molecule has 0 saturated heterocycles. The van der Waals surface area contributed by atoms with Crippen molar-refractivity contribution in [1.82, 2.24) is 15.9 Å². The molecule has 0 aliphatic carbocycles. The minimum absolute atomic E-state index is 0.0636. The number of carbonyl (C=O) groups is 1. The van der Waals surface area contributed by atoms with Crippen molar-refractivity contribution in [3.63, 3.8) is 0 Å². The van der Waals surface area contributed by atoms with Crippen LogP contribution in [-0.4, -0.2) is 37.3 Å². The topological polar surface area (TPSA) is 75.2 Å². The highest BCUT2D eigenvalue weighted by Gasteiger charge is 2.36. The number of alkyl halides is 3. The molecule has 2 amide bonds. The number of carbonyl (C=O) groups excluding carboxylic acids is 1. The molecular weight excluding hydrogens is 329 g/mol. The third kappa shape index (κ3) is 4.16. The number of rotatable bonds is 4. The maximum Gasteiger partial charge on any atom is 0.436 e. The lowest BCUT2D eigenvalue weighted by atomic mass is 10.1. The van der Waals surface area contributed by atoms with E-state index in [1.165, 1.54) is 14.2 Å². The predicted octanol–water partition coefficient (Wildman–Crippen LogP) is 2.07. The summed E-state index contributed by atoms with van der Waals surface area (Å²) in [6.45, 7) is 0.167. The lowest BCUT2D eigenvalue weighted by Gasteiger charge is -2.19. The largest absolute Gasteiger partial charge is 0.436 e. The van der Waals surface area contributed by atoms with Gasteiger partial charge in [0.15, 0.2) is 11.5 Å². The fourth-order valence-electron chi connectivity index (χ4n) is 1.84. The minimum atomic E-state index is -4.60. The first-order chi connectivity index (χ1) is 11.3. The van der Waals surface area contributed by atoms with Crippen molar-refractivity contribution >= 4 is 11.9 Å². The molecule has 1 aromatic carbocycles. The van der Waals surface area contributed by atoms with E-state index >= 15 is 0 Å². The van der Waals surface area contributed by atoms with E-state index < -0.39 is 17.9 Å². The number of benzene rings is 1. The summed E-state index contributed by atoms with van der Waals surface area (Å²) in [6.07, 6.45) is -4.10. The van der Waals surface area contributed by atoms with Crippen molar-refractivity contribution in [2.45, 2.75) is 12.7 Å². The van der Waals surface area contributed by atoms with Crippen LogP contribution in [0.5, 0.6) is 0 Å². The molecule has 0 atom stereocenters. The molecule has 0 unspecified atom stereocenters. The van der Waals surface area contributed by atoms with Gasteiger partial charge in [-0.25, -0.2) is 15.3 Å². The molecule has 0 bridgehead atoms. The van der Waals surface area contributed by atoms with Crippen LogP contribution in [0.25, 0.3) is 0 Å². The highest BCUT2D eigenvalue weighted by atomic mass is 19.4. The van der Waals surface area contributed by atoms with E-state index in [1.807, 2.05) is 0 Å². The Morgan fingerprint density at radius 3 is 2.58 bits per heavy atom. The second kappa shape index (κ2) is 7.21. The Hall–Kier alpha value is -2.75. The number of halogens is 3. The molecule has 1 aromatic rings. The molecular formula is C14H15F3N4O3. The van der Waals surface area contributed by atoms with Crippen molar-refractivity contribution in [3.8, 4) is 0 Å². The first-order valence-electron chi connectivity index (χ1n) is 6.75. The minimum Gasteiger partial charge on any atom is -0.386 e. The van der Waals surface area contributed by atoms with E-state index in [4.69, 9.17) is 4.84 Å². The van der Waals surface area contributed by atoms with Gasteiger partial charge < -0.3 is 10.2 Å². The summed E-state index contributed by atoms with van der Waals surface area (Å²) < 4.78 is 37.9. The number of nitrogens with one attached hydrogen (secondary N) is 2. The number of hydroxylamine groups is 3. The van der Waals surface area contributed by atoms with Gasteiger partial charge in [-0.3, -0.25) is 4.84 Å². The van der Waals surface area contributed by atoms with Gasteiger partial charge in [0.25, 0.3) is 0 Å². The quantitative estimate of drug-likeness (QED) is 0.820. The Balaban J connectivity index is 2.14.